The molecule has 0 bridgehead atoms. The molecule has 0 saturated heterocycles. The summed E-state index contributed by atoms with van der Waals surface area (Å²) in [6.07, 6.45) is 3.28. The number of hydrogen-bond donors (Lipinski definition) is 1. The monoisotopic (exact) mass is 359 g/mol. The number of aromatic nitrogens is 1. The fourth-order valence-electron chi connectivity index (χ4n) is 3.08. The van der Waals surface area contributed by atoms with Gasteiger partial charge in [-0.25, -0.2) is 4.79 Å². The Balaban J connectivity index is 1.78. The molecule has 0 atom stereocenters. The lowest BCUT2D eigenvalue weighted by molar-refractivity contribution is 0.0599. The molecule has 0 spiro atoms. The van der Waals surface area contributed by atoms with Gasteiger partial charge in [-0.05, 0) is 42.2 Å². The molecule has 0 aliphatic rings. The Morgan fingerprint density at radius 1 is 0.926 bits per heavy atom. The maximum Gasteiger partial charge on any atom is 0.339 e. The molecule has 0 saturated carbocycles. The van der Waals surface area contributed by atoms with Gasteiger partial charge in [-0.2, -0.15) is 0 Å². The zero-order valence-corrected chi connectivity index (χ0v) is 15.6. The number of H-pyrrole nitrogens is 1. The number of ketones is 1. The number of rotatable bonds is 5. The van der Waals surface area contributed by atoms with E-state index in [2.05, 4.69) is 17.1 Å². The highest BCUT2D eigenvalue weighted by Crippen LogP contribution is 2.21. The van der Waals surface area contributed by atoms with Crippen LogP contribution in [0.5, 0.6) is 0 Å². The summed E-state index contributed by atoms with van der Waals surface area (Å²) in [7, 11) is 1.33. The third-order valence-corrected chi connectivity index (χ3v) is 4.52. The van der Waals surface area contributed by atoms with E-state index in [1.807, 2.05) is 42.5 Å². The number of allylic oxidation sites excluding steroid dienone is 1. The molecule has 136 valence electrons. The molecular formula is C23H21NO3. The van der Waals surface area contributed by atoms with Crippen LogP contribution in [-0.4, -0.2) is 23.8 Å². The Hall–Kier alpha value is -3.40. The predicted molar refractivity (Wildman–Crippen MR) is 107 cm³/mol. The van der Waals surface area contributed by atoms with Crippen LogP contribution in [0.25, 0.3) is 17.2 Å². The van der Waals surface area contributed by atoms with Gasteiger partial charge in [0.05, 0.1) is 18.4 Å². The molecule has 1 N–H and O–H groups in total. The van der Waals surface area contributed by atoms with Crippen LogP contribution in [0.3, 0.4) is 0 Å². The van der Waals surface area contributed by atoms with Crippen molar-refractivity contribution in [1.82, 2.24) is 4.98 Å². The van der Waals surface area contributed by atoms with Crippen molar-refractivity contribution in [2.45, 2.75) is 13.8 Å². The molecule has 3 rings (SSSR count). The van der Waals surface area contributed by atoms with Crippen molar-refractivity contribution >= 4 is 17.8 Å². The Morgan fingerprint density at radius 2 is 1.56 bits per heavy atom. The molecule has 0 aliphatic carbocycles. The molecule has 0 unspecified atom stereocenters. The van der Waals surface area contributed by atoms with E-state index in [-0.39, 0.29) is 5.78 Å². The minimum atomic E-state index is -0.444. The van der Waals surface area contributed by atoms with Crippen LogP contribution in [0.4, 0.5) is 0 Å². The lowest BCUT2D eigenvalue weighted by atomic mass is 10.0. The van der Waals surface area contributed by atoms with Crippen molar-refractivity contribution in [3.63, 3.8) is 0 Å². The van der Waals surface area contributed by atoms with Gasteiger partial charge in [-0.15, -0.1) is 0 Å². The lowest BCUT2D eigenvalue weighted by Crippen LogP contribution is -2.04. The van der Waals surface area contributed by atoms with E-state index in [1.165, 1.54) is 13.2 Å². The number of esters is 1. The van der Waals surface area contributed by atoms with Crippen molar-refractivity contribution in [1.29, 1.82) is 0 Å². The van der Waals surface area contributed by atoms with E-state index in [1.54, 1.807) is 19.9 Å². The zero-order chi connectivity index (χ0) is 19.4. The van der Waals surface area contributed by atoms with E-state index in [0.717, 1.165) is 16.7 Å². The normalized spacial score (nSPS) is 10.9. The van der Waals surface area contributed by atoms with Crippen LogP contribution in [0.15, 0.2) is 60.7 Å². The van der Waals surface area contributed by atoms with Crippen LogP contribution < -0.4 is 0 Å². The molecule has 4 nitrogen and oxygen atoms in total. The second-order valence-electron chi connectivity index (χ2n) is 6.30. The first kappa shape index (κ1) is 18.4. The Morgan fingerprint density at radius 3 is 2.19 bits per heavy atom. The molecule has 3 aromatic rings. The van der Waals surface area contributed by atoms with Crippen LogP contribution in [0, 0.1) is 13.8 Å². The molecule has 1 heterocycles. The van der Waals surface area contributed by atoms with Crippen molar-refractivity contribution in [2.75, 3.05) is 7.11 Å². The minimum Gasteiger partial charge on any atom is -0.465 e. The molecule has 0 fully saturated rings. The number of carbonyl (C=O) groups excluding carboxylic acids is 2. The Kier molecular flexibility index (Phi) is 5.36. The largest absolute Gasteiger partial charge is 0.465 e. The van der Waals surface area contributed by atoms with Crippen LogP contribution in [-0.2, 0) is 4.74 Å². The van der Waals surface area contributed by atoms with Crippen LogP contribution >= 0.6 is 0 Å². The van der Waals surface area contributed by atoms with E-state index in [0.29, 0.717) is 22.5 Å². The molecular weight excluding hydrogens is 338 g/mol. The second-order valence-corrected chi connectivity index (χ2v) is 6.30. The predicted octanol–water partition coefficient (Wildman–Crippen LogP) is 4.98. The minimum absolute atomic E-state index is 0.183. The fourth-order valence-corrected chi connectivity index (χ4v) is 3.08. The van der Waals surface area contributed by atoms with Gasteiger partial charge < -0.3 is 9.72 Å². The van der Waals surface area contributed by atoms with Crippen molar-refractivity contribution < 1.29 is 14.3 Å². The van der Waals surface area contributed by atoms with Gasteiger partial charge in [0.25, 0.3) is 0 Å². The number of methoxy groups -OCH3 is 1. The van der Waals surface area contributed by atoms with Crippen molar-refractivity contribution in [2.24, 2.45) is 0 Å². The van der Waals surface area contributed by atoms with E-state index < -0.39 is 5.97 Å². The molecule has 0 amide bonds. The van der Waals surface area contributed by atoms with Crippen LogP contribution in [0.2, 0.25) is 0 Å². The van der Waals surface area contributed by atoms with Gasteiger partial charge >= 0.3 is 5.97 Å². The average Bonchev–Trinajstić information content (AvgIpc) is 3.01. The van der Waals surface area contributed by atoms with Gasteiger partial charge in [-0.3, -0.25) is 4.79 Å². The highest BCUT2D eigenvalue weighted by atomic mass is 16.5. The van der Waals surface area contributed by atoms with E-state index >= 15 is 0 Å². The number of benzene rings is 2. The number of nitrogens with one attached hydrogen (secondary N) is 1. The van der Waals surface area contributed by atoms with Gasteiger partial charge in [-0.1, -0.05) is 60.7 Å². The number of carbonyl (C=O) groups is 2. The second kappa shape index (κ2) is 7.87. The smallest absolute Gasteiger partial charge is 0.339 e. The number of aryl methyl sites for hydroxylation is 1. The molecule has 2 aromatic carbocycles. The van der Waals surface area contributed by atoms with Crippen LogP contribution in [0.1, 0.15) is 37.7 Å². The topological polar surface area (TPSA) is 59.2 Å². The molecule has 1 aromatic heterocycles. The maximum atomic E-state index is 12.5. The summed E-state index contributed by atoms with van der Waals surface area (Å²) < 4.78 is 4.78. The average molecular weight is 359 g/mol. The molecule has 0 radical (unpaired) electrons. The van der Waals surface area contributed by atoms with E-state index in [9.17, 15) is 9.59 Å². The fraction of sp³-hybridized carbons (Fsp3) is 0.130. The highest BCUT2D eigenvalue weighted by Gasteiger charge is 2.21. The molecule has 0 aliphatic heterocycles. The summed E-state index contributed by atoms with van der Waals surface area (Å²) in [5.41, 5.74) is 5.26. The summed E-state index contributed by atoms with van der Waals surface area (Å²) >= 11 is 0. The lowest BCUT2D eigenvalue weighted by Gasteiger charge is -2.02. The van der Waals surface area contributed by atoms with Crippen molar-refractivity contribution in [3.05, 3.63) is 88.8 Å². The zero-order valence-electron chi connectivity index (χ0n) is 15.6. The first-order chi connectivity index (χ1) is 13.0. The summed E-state index contributed by atoms with van der Waals surface area (Å²) in [5, 5.41) is 0. The molecule has 27 heavy (non-hydrogen) atoms. The number of aromatic amines is 1. The summed E-state index contributed by atoms with van der Waals surface area (Å²) in [4.78, 5) is 27.4. The Labute approximate surface area is 158 Å². The van der Waals surface area contributed by atoms with Crippen molar-refractivity contribution in [3.8, 4) is 11.1 Å². The quantitative estimate of drug-likeness (QED) is 0.397. The van der Waals surface area contributed by atoms with Gasteiger partial charge in [0, 0.05) is 5.69 Å². The standard InChI is InChI=1S/C23H21NO3/c1-15-21(23(26)27-3)16(2)24-22(15)20(25)14-11-17-9-12-19(13-10-17)18-7-5-4-6-8-18/h4-14,24H,1-3H3. The molecule has 4 heteroatoms. The summed E-state index contributed by atoms with van der Waals surface area (Å²) in [6, 6.07) is 18.1. The summed E-state index contributed by atoms with van der Waals surface area (Å²) in [6.45, 7) is 3.49. The van der Waals surface area contributed by atoms with Gasteiger partial charge in [0.15, 0.2) is 0 Å². The summed E-state index contributed by atoms with van der Waals surface area (Å²) in [5.74, 6) is -0.626. The number of ether oxygens (including phenoxy) is 1. The first-order valence-electron chi connectivity index (χ1n) is 8.66. The third kappa shape index (κ3) is 3.90. The first-order valence-corrected chi connectivity index (χ1v) is 8.66. The Bertz CT molecular complexity index is 996. The highest BCUT2D eigenvalue weighted by molar-refractivity contribution is 6.08. The number of hydrogen-bond acceptors (Lipinski definition) is 3. The van der Waals surface area contributed by atoms with Gasteiger partial charge in [0.2, 0.25) is 5.78 Å². The SMILES string of the molecule is COC(=O)c1c(C)[nH]c(C(=O)C=Cc2ccc(-c3ccccc3)cc2)c1C. The van der Waals surface area contributed by atoms with E-state index in [4.69, 9.17) is 4.74 Å². The third-order valence-electron chi connectivity index (χ3n) is 4.52. The maximum absolute atomic E-state index is 12.5. The van der Waals surface area contributed by atoms with Gasteiger partial charge in [0.1, 0.15) is 0 Å².